The molecule has 8 heteroatoms. The van der Waals surface area contributed by atoms with Crippen molar-refractivity contribution in [3.63, 3.8) is 0 Å². The molecule has 1 N–H and O–H groups in total. The number of fused-ring (bicyclic) bond motifs is 1. The van der Waals surface area contributed by atoms with Gasteiger partial charge in [0.05, 0.1) is 11.1 Å². The molecule has 0 fully saturated rings. The second-order valence-electron chi connectivity index (χ2n) is 6.35. The van der Waals surface area contributed by atoms with Crippen molar-refractivity contribution in [2.24, 2.45) is 0 Å². The first-order chi connectivity index (χ1) is 13.5. The zero-order chi connectivity index (χ0) is 19.7. The fourth-order valence-electron chi connectivity index (χ4n) is 3.03. The van der Waals surface area contributed by atoms with Gasteiger partial charge >= 0.3 is 0 Å². The summed E-state index contributed by atoms with van der Waals surface area (Å²) >= 11 is 1.26. The maximum atomic E-state index is 12.6. The van der Waals surface area contributed by atoms with Crippen molar-refractivity contribution in [3.8, 4) is 0 Å². The Morgan fingerprint density at radius 1 is 1.00 bits per heavy atom. The van der Waals surface area contributed by atoms with Crippen LogP contribution in [0.3, 0.4) is 0 Å². The maximum Gasteiger partial charge on any atom is 0.262 e. The van der Waals surface area contributed by atoms with Crippen LogP contribution in [0.5, 0.6) is 0 Å². The molecular weight excluding hydrogens is 376 g/mol. The Bertz CT molecular complexity index is 1030. The van der Waals surface area contributed by atoms with E-state index >= 15 is 0 Å². The van der Waals surface area contributed by atoms with E-state index in [0.29, 0.717) is 22.7 Å². The highest BCUT2D eigenvalue weighted by Crippen LogP contribution is 2.25. The molecule has 0 spiro atoms. The standard InChI is InChI=1S/C20H16N4O3S/c1-12(24-18(26)14-9-5-6-10-15(14)19(24)27)17(25)21-20-23-22-16(28-20)11-13-7-3-2-4-8-13/h2-10,12H,11H2,1H3,(H,21,23,25)/t12-/m1/s1. The molecule has 3 amide bonds. The molecule has 0 radical (unpaired) electrons. The molecular formula is C20H16N4O3S. The molecule has 4 rings (SSSR count). The van der Waals surface area contributed by atoms with Gasteiger partial charge < -0.3 is 0 Å². The summed E-state index contributed by atoms with van der Waals surface area (Å²) in [4.78, 5) is 38.6. The van der Waals surface area contributed by atoms with Crippen LogP contribution in [0.4, 0.5) is 5.13 Å². The third-order valence-electron chi connectivity index (χ3n) is 4.49. The van der Waals surface area contributed by atoms with E-state index in [2.05, 4.69) is 15.5 Å². The largest absolute Gasteiger partial charge is 0.299 e. The van der Waals surface area contributed by atoms with Gasteiger partial charge in [-0.05, 0) is 24.6 Å². The lowest BCUT2D eigenvalue weighted by molar-refractivity contribution is -0.119. The summed E-state index contributed by atoms with van der Waals surface area (Å²) in [5.74, 6) is -1.42. The molecule has 28 heavy (non-hydrogen) atoms. The molecule has 0 aliphatic carbocycles. The number of amides is 3. The highest BCUT2D eigenvalue weighted by Gasteiger charge is 2.40. The van der Waals surface area contributed by atoms with Crippen LogP contribution < -0.4 is 5.32 Å². The van der Waals surface area contributed by atoms with Crippen molar-refractivity contribution in [1.82, 2.24) is 15.1 Å². The summed E-state index contributed by atoms with van der Waals surface area (Å²) in [5.41, 5.74) is 1.72. The first kappa shape index (κ1) is 18.0. The predicted molar refractivity (Wildman–Crippen MR) is 104 cm³/mol. The van der Waals surface area contributed by atoms with Crippen LogP contribution in [0.2, 0.25) is 0 Å². The number of hydrogen-bond acceptors (Lipinski definition) is 6. The van der Waals surface area contributed by atoms with E-state index in [-0.39, 0.29) is 0 Å². The monoisotopic (exact) mass is 392 g/mol. The summed E-state index contributed by atoms with van der Waals surface area (Å²) in [7, 11) is 0. The molecule has 0 saturated carbocycles. The van der Waals surface area contributed by atoms with Crippen LogP contribution in [0, 0.1) is 0 Å². The van der Waals surface area contributed by atoms with E-state index in [1.807, 2.05) is 30.3 Å². The third-order valence-corrected chi connectivity index (χ3v) is 5.33. The number of nitrogens with zero attached hydrogens (tertiary/aromatic N) is 3. The second-order valence-corrected chi connectivity index (χ2v) is 7.42. The Hall–Kier alpha value is -3.39. The van der Waals surface area contributed by atoms with Gasteiger partial charge in [-0.15, -0.1) is 10.2 Å². The van der Waals surface area contributed by atoms with Gasteiger partial charge in [0.1, 0.15) is 11.0 Å². The molecule has 1 atom stereocenters. The number of nitrogens with one attached hydrogen (secondary N) is 1. The number of imide groups is 1. The summed E-state index contributed by atoms with van der Waals surface area (Å²) in [5, 5.41) is 11.8. The van der Waals surface area contributed by atoms with Crippen LogP contribution in [0.25, 0.3) is 0 Å². The lowest BCUT2D eigenvalue weighted by Crippen LogP contribution is -2.45. The quantitative estimate of drug-likeness (QED) is 0.674. The van der Waals surface area contributed by atoms with Gasteiger partial charge in [0, 0.05) is 6.42 Å². The highest BCUT2D eigenvalue weighted by molar-refractivity contribution is 7.15. The first-order valence-corrected chi connectivity index (χ1v) is 9.50. The lowest BCUT2D eigenvalue weighted by Gasteiger charge is -2.20. The van der Waals surface area contributed by atoms with Crippen LogP contribution in [0.1, 0.15) is 38.2 Å². The number of rotatable bonds is 5. The summed E-state index contributed by atoms with van der Waals surface area (Å²) < 4.78 is 0. The predicted octanol–water partition coefficient (Wildman–Crippen LogP) is 2.75. The number of hydrogen-bond donors (Lipinski definition) is 1. The Balaban J connectivity index is 1.44. The number of carbonyl (C=O) groups excluding carboxylic acids is 3. The molecule has 2 aromatic carbocycles. The van der Waals surface area contributed by atoms with E-state index in [9.17, 15) is 14.4 Å². The van der Waals surface area contributed by atoms with Crippen LogP contribution in [-0.4, -0.2) is 38.9 Å². The van der Waals surface area contributed by atoms with Crippen molar-refractivity contribution in [2.45, 2.75) is 19.4 Å². The normalized spacial score (nSPS) is 14.1. The Morgan fingerprint density at radius 2 is 1.61 bits per heavy atom. The Kier molecular flexibility index (Phi) is 4.70. The van der Waals surface area contributed by atoms with E-state index in [1.54, 1.807) is 24.3 Å². The van der Waals surface area contributed by atoms with Crippen molar-refractivity contribution in [1.29, 1.82) is 0 Å². The van der Waals surface area contributed by atoms with Crippen LogP contribution in [0.15, 0.2) is 54.6 Å². The van der Waals surface area contributed by atoms with Gasteiger partial charge in [-0.25, -0.2) is 0 Å². The SMILES string of the molecule is C[C@H](C(=O)Nc1nnc(Cc2ccccc2)s1)N1C(=O)c2ccccc2C1=O. The Morgan fingerprint density at radius 3 is 2.25 bits per heavy atom. The number of anilines is 1. The molecule has 1 aliphatic rings. The van der Waals surface area contributed by atoms with Gasteiger partial charge in [-0.2, -0.15) is 0 Å². The van der Waals surface area contributed by atoms with E-state index in [0.717, 1.165) is 15.5 Å². The van der Waals surface area contributed by atoms with Gasteiger partial charge in [0.25, 0.3) is 11.8 Å². The van der Waals surface area contributed by atoms with Gasteiger partial charge in [-0.3, -0.25) is 24.6 Å². The smallest absolute Gasteiger partial charge is 0.262 e. The maximum absolute atomic E-state index is 12.6. The molecule has 7 nitrogen and oxygen atoms in total. The van der Waals surface area contributed by atoms with Crippen LogP contribution in [-0.2, 0) is 11.2 Å². The number of carbonyl (C=O) groups is 3. The van der Waals surface area contributed by atoms with E-state index < -0.39 is 23.8 Å². The molecule has 0 bridgehead atoms. The zero-order valence-corrected chi connectivity index (χ0v) is 15.8. The van der Waals surface area contributed by atoms with Crippen molar-refractivity contribution in [2.75, 3.05) is 5.32 Å². The third kappa shape index (κ3) is 3.29. The molecule has 2 heterocycles. The lowest BCUT2D eigenvalue weighted by atomic mass is 10.1. The first-order valence-electron chi connectivity index (χ1n) is 8.68. The second kappa shape index (κ2) is 7.32. The van der Waals surface area contributed by atoms with Gasteiger partial charge in [-0.1, -0.05) is 53.8 Å². The van der Waals surface area contributed by atoms with Crippen molar-refractivity contribution in [3.05, 3.63) is 76.3 Å². The zero-order valence-electron chi connectivity index (χ0n) is 15.0. The minimum atomic E-state index is -0.964. The highest BCUT2D eigenvalue weighted by atomic mass is 32.1. The number of aromatic nitrogens is 2. The average Bonchev–Trinajstić information content (AvgIpc) is 3.24. The van der Waals surface area contributed by atoms with E-state index in [1.165, 1.54) is 18.3 Å². The molecule has 1 aromatic heterocycles. The fraction of sp³-hybridized carbons (Fsp3) is 0.150. The minimum Gasteiger partial charge on any atom is -0.299 e. The van der Waals surface area contributed by atoms with Gasteiger partial charge in [0.2, 0.25) is 11.0 Å². The fourth-order valence-corrected chi connectivity index (χ4v) is 3.81. The summed E-state index contributed by atoms with van der Waals surface area (Å²) in [6.45, 7) is 1.52. The summed E-state index contributed by atoms with van der Waals surface area (Å²) in [6, 6.07) is 15.4. The topological polar surface area (TPSA) is 92.3 Å². The molecule has 1 aliphatic heterocycles. The van der Waals surface area contributed by atoms with Crippen molar-refractivity contribution >= 4 is 34.2 Å². The molecule has 0 saturated heterocycles. The van der Waals surface area contributed by atoms with E-state index in [4.69, 9.17) is 0 Å². The van der Waals surface area contributed by atoms with Crippen molar-refractivity contribution < 1.29 is 14.4 Å². The summed E-state index contributed by atoms with van der Waals surface area (Å²) in [6.07, 6.45) is 0.613. The minimum absolute atomic E-state index is 0.313. The molecule has 0 unspecified atom stereocenters. The molecule has 3 aromatic rings. The average molecular weight is 392 g/mol. The molecule has 140 valence electrons. The number of benzene rings is 2. The Labute approximate surface area is 165 Å². The van der Waals surface area contributed by atoms with Gasteiger partial charge in [0.15, 0.2) is 0 Å². The van der Waals surface area contributed by atoms with Crippen LogP contribution >= 0.6 is 11.3 Å².